The lowest BCUT2D eigenvalue weighted by Crippen LogP contribution is -2.41. The van der Waals surface area contributed by atoms with Crippen molar-refractivity contribution in [3.63, 3.8) is 0 Å². The van der Waals surface area contributed by atoms with Crippen molar-refractivity contribution >= 4 is 17.5 Å². The Labute approximate surface area is 165 Å². The lowest BCUT2D eigenvalue weighted by Gasteiger charge is -2.34. The predicted molar refractivity (Wildman–Crippen MR) is 107 cm³/mol. The van der Waals surface area contributed by atoms with Gasteiger partial charge in [0.05, 0.1) is 19.1 Å². The maximum atomic E-state index is 12.9. The normalized spacial score (nSPS) is 15.8. The molecule has 0 saturated carbocycles. The first-order valence-electron chi connectivity index (χ1n) is 9.51. The molecule has 1 atom stereocenters. The first kappa shape index (κ1) is 20.0. The van der Waals surface area contributed by atoms with E-state index in [1.165, 1.54) is 35.4 Å². The number of fused-ring (bicyclic) bond motifs is 1. The van der Waals surface area contributed by atoms with Crippen LogP contribution in [0.2, 0.25) is 0 Å². The zero-order valence-electron chi connectivity index (χ0n) is 16.3. The molecule has 148 valence electrons. The number of nitrogens with zero attached hydrogens (tertiary/aromatic N) is 2. The lowest BCUT2D eigenvalue weighted by molar-refractivity contribution is -0.133. The number of aryl methyl sites for hydroxylation is 1. The van der Waals surface area contributed by atoms with Gasteiger partial charge in [-0.1, -0.05) is 24.3 Å². The first-order valence-corrected chi connectivity index (χ1v) is 9.51. The zero-order chi connectivity index (χ0) is 20.1. The molecule has 3 rings (SSSR count). The topological polar surface area (TPSA) is 52.7 Å². The van der Waals surface area contributed by atoms with Gasteiger partial charge in [0.1, 0.15) is 5.82 Å². The Morgan fingerprint density at radius 2 is 1.79 bits per heavy atom. The van der Waals surface area contributed by atoms with Gasteiger partial charge in [0, 0.05) is 12.7 Å². The van der Waals surface area contributed by atoms with Crippen molar-refractivity contribution in [1.29, 1.82) is 0 Å². The van der Waals surface area contributed by atoms with Gasteiger partial charge in [0.25, 0.3) is 0 Å². The Morgan fingerprint density at radius 1 is 1.07 bits per heavy atom. The summed E-state index contributed by atoms with van der Waals surface area (Å²) in [5.41, 5.74) is 3.06. The molecule has 0 fully saturated rings. The van der Waals surface area contributed by atoms with Crippen LogP contribution in [0.3, 0.4) is 0 Å². The van der Waals surface area contributed by atoms with E-state index in [2.05, 4.69) is 17.4 Å². The van der Waals surface area contributed by atoms with Crippen LogP contribution in [0.5, 0.6) is 0 Å². The molecule has 2 aromatic rings. The summed E-state index contributed by atoms with van der Waals surface area (Å²) in [7, 11) is 3.58. The minimum atomic E-state index is -0.354. The van der Waals surface area contributed by atoms with Crippen LogP contribution in [0.15, 0.2) is 48.5 Å². The molecule has 0 saturated heterocycles. The fourth-order valence-electron chi connectivity index (χ4n) is 3.68. The summed E-state index contributed by atoms with van der Waals surface area (Å²) in [6.45, 7) is 0.240. The monoisotopic (exact) mass is 383 g/mol. The van der Waals surface area contributed by atoms with Crippen LogP contribution in [0, 0.1) is 5.82 Å². The molecule has 0 spiro atoms. The summed E-state index contributed by atoms with van der Waals surface area (Å²) in [5.74, 6) is -0.612. The van der Waals surface area contributed by atoms with Crippen molar-refractivity contribution in [2.24, 2.45) is 0 Å². The molecule has 0 aliphatic heterocycles. The van der Waals surface area contributed by atoms with Crippen molar-refractivity contribution in [2.75, 3.05) is 32.5 Å². The summed E-state index contributed by atoms with van der Waals surface area (Å²) in [6, 6.07) is 14.0. The van der Waals surface area contributed by atoms with Crippen LogP contribution in [-0.2, 0) is 16.0 Å². The molecule has 0 radical (unpaired) electrons. The quantitative estimate of drug-likeness (QED) is 0.833. The highest BCUT2D eigenvalue weighted by atomic mass is 19.1. The van der Waals surface area contributed by atoms with E-state index >= 15 is 0 Å². The van der Waals surface area contributed by atoms with E-state index in [4.69, 9.17) is 0 Å². The number of hydrogen-bond donors (Lipinski definition) is 1. The maximum Gasteiger partial charge on any atom is 0.238 e. The second-order valence-electron chi connectivity index (χ2n) is 7.34. The number of nitrogens with one attached hydrogen (secondary N) is 1. The molecule has 0 heterocycles. The third-order valence-electron chi connectivity index (χ3n) is 5.15. The molecule has 0 aromatic heterocycles. The van der Waals surface area contributed by atoms with Crippen molar-refractivity contribution in [1.82, 2.24) is 9.80 Å². The third kappa shape index (κ3) is 4.95. The smallest absolute Gasteiger partial charge is 0.238 e. The van der Waals surface area contributed by atoms with Crippen LogP contribution < -0.4 is 5.32 Å². The number of likely N-dealkylation sites (N-methyl/N-ethyl adjacent to an activating group) is 2. The second-order valence-corrected chi connectivity index (χ2v) is 7.34. The number of rotatable bonds is 6. The van der Waals surface area contributed by atoms with Crippen molar-refractivity contribution in [2.45, 2.75) is 25.3 Å². The summed E-state index contributed by atoms with van der Waals surface area (Å²) in [6.07, 6.45) is 3.07. The molecule has 28 heavy (non-hydrogen) atoms. The molecule has 6 heteroatoms. The van der Waals surface area contributed by atoms with Gasteiger partial charge in [0.15, 0.2) is 0 Å². The summed E-state index contributed by atoms with van der Waals surface area (Å²) < 4.78 is 12.9. The van der Waals surface area contributed by atoms with Crippen LogP contribution in [0.25, 0.3) is 0 Å². The second kappa shape index (κ2) is 8.97. The van der Waals surface area contributed by atoms with Crippen molar-refractivity contribution < 1.29 is 14.0 Å². The van der Waals surface area contributed by atoms with Crippen LogP contribution in [-0.4, -0.2) is 48.8 Å². The van der Waals surface area contributed by atoms with Crippen LogP contribution >= 0.6 is 0 Å². The Morgan fingerprint density at radius 3 is 2.54 bits per heavy atom. The Hall–Kier alpha value is -2.73. The van der Waals surface area contributed by atoms with E-state index in [1.807, 2.05) is 19.2 Å². The average molecular weight is 383 g/mol. The molecule has 2 amide bonds. The molecule has 2 aromatic carbocycles. The number of hydrogen-bond acceptors (Lipinski definition) is 3. The SMILES string of the molecule is CN(CC(=O)Nc1ccc(F)cc1)CC(=O)N(C)[C@H]1CCCc2ccccc21. The minimum Gasteiger partial charge on any atom is -0.338 e. The van der Waals surface area contributed by atoms with Gasteiger partial charge >= 0.3 is 0 Å². The highest BCUT2D eigenvalue weighted by Gasteiger charge is 2.27. The minimum absolute atomic E-state index is 0.0150. The molecular weight excluding hydrogens is 357 g/mol. The molecule has 1 N–H and O–H groups in total. The number of halogens is 1. The molecule has 0 unspecified atom stereocenters. The number of amides is 2. The fourth-order valence-corrected chi connectivity index (χ4v) is 3.68. The largest absolute Gasteiger partial charge is 0.338 e. The van der Waals surface area contributed by atoms with Crippen molar-refractivity contribution in [3.8, 4) is 0 Å². The van der Waals surface area contributed by atoms with Gasteiger partial charge < -0.3 is 10.2 Å². The summed E-state index contributed by atoms with van der Waals surface area (Å²) in [4.78, 5) is 28.4. The van der Waals surface area contributed by atoms with Gasteiger partial charge in [0.2, 0.25) is 11.8 Å². The van der Waals surface area contributed by atoms with Gasteiger partial charge in [-0.25, -0.2) is 4.39 Å². The number of benzene rings is 2. The third-order valence-corrected chi connectivity index (χ3v) is 5.15. The zero-order valence-corrected chi connectivity index (χ0v) is 16.3. The lowest BCUT2D eigenvalue weighted by atomic mass is 9.87. The molecular formula is C22H26FN3O2. The van der Waals surface area contributed by atoms with Gasteiger partial charge in [-0.2, -0.15) is 0 Å². The van der Waals surface area contributed by atoms with E-state index < -0.39 is 0 Å². The van der Waals surface area contributed by atoms with Crippen LogP contribution in [0.4, 0.5) is 10.1 Å². The van der Waals surface area contributed by atoms with E-state index in [1.54, 1.807) is 16.8 Å². The van der Waals surface area contributed by atoms with Gasteiger partial charge in [-0.3, -0.25) is 14.5 Å². The van der Waals surface area contributed by atoms with Gasteiger partial charge in [-0.15, -0.1) is 0 Å². The molecule has 1 aliphatic carbocycles. The maximum absolute atomic E-state index is 12.9. The number of anilines is 1. The van der Waals surface area contributed by atoms with E-state index in [-0.39, 0.29) is 36.8 Å². The summed E-state index contributed by atoms with van der Waals surface area (Å²) >= 11 is 0. The van der Waals surface area contributed by atoms with E-state index in [0.29, 0.717) is 5.69 Å². The van der Waals surface area contributed by atoms with E-state index in [9.17, 15) is 14.0 Å². The van der Waals surface area contributed by atoms with Gasteiger partial charge in [-0.05, 0) is 61.7 Å². The van der Waals surface area contributed by atoms with E-state index in [0.717, 1.165) is 19.3 Å². The standard InChI is InChI=1S/C22H26FN3O2/c1-25(14-21(27)24-18-12-10-17(23)11-13-18)15-22(28)26(2)20-9-5-7-16-6-3-4-8-19(16)20/h3-4,6,8,10-13,20H,5,7,9,14-15H2,1-2H3,(H,24,27)/t20-/m0/s1. The molecule has 1 aliphatic rings. The summed E-state index contributed by atoms with van der Waals surface area (Å²) in [5, 5.41) is 2.71. The molecule has 0 bridgehead atoms. The predicted octanol–water partition coefficient (Wildman–Crippen LogP) is 3.23. The molecule has 5 nitrogen and oxygen atoms in total. The highest BCUT2D eigenvalue weighted by Crippen LogP contribution is 2.33. The number of carbonyl (C=O) groups excluding carboxylic acids is 2. The van der Waals surface area contributed by atoms with Crippen LogP contribution in [0.1, 0.15) is 30.0 Å². The number of carbonyl (C=O) groups is 2. The van der Waals surface area contributed by atoms with Crippen molar-refractivity contribution in [3.05, 3.63) is 65.5 Å². The first-order chi connectivity index (χ1) is 13.4. The Balaban J connectivity index is 1.54. The fraction of sp³-hybridized carbons (Fsp3) is 0.364. The highest BCUT2D eigenvalue weighted by molar-refractivity contribution is 5.92. The Kier molecular flexibility index (Phi) is 6.41. The average Bonchev–Trinajstić information content (AvgIpc) is 2.68. The Bertz CT molecular complexity index is 838.